The monoisotopic (exact) mass is 445 g/mol. The molecule has 0 aromatic carbocycles. The molecule has 1 fully saturated rings. The quantitative estimate of drug-likeness (QED) is 0.492. The molecular weight excluding hydrogens is 423 g/mol. The van der Waals surface area contributed by atoms with Gasteiger partial charge < -0.3 is 23.3 Å². The Bertz CT molecular complexity index is 219. The SMILES string of the molecule is N.N.O.O.O=S(=O)(O)OC1CCCCC1.[Pt]. The number of rotatable bonds is 2. The molecule has 0 bridgehead atoms. The third kappa shape index (κ3) is 14.4. The van der Waals surface area contributed by atoms with Gasteiger partial charge in [-0.15, -0.1) is 0 Å². The summed E-state index contributed by atoms with van der Waals surface area (Å²) in [5.41, 5.74) is 0. The Kier molecular flexibility index (Phi) is 25.2. The third-order valence-corrected chi connectivity index (χ3v) is 2.33. The molecule has 8 nitrogen and oxygen atoms in total. The van der Waals surface area contributed by atoms with Gasteiger partial charge in [-0.3, -0.25) is 4.55 Å². The molecule has 0 spiro atoms. The van der Waals surface area contributed by atoms with Crippen LogP contribution in [0.3, 0.4) is 0 Å². The van der Waals surface area contributed by atoms with Crippen molar-refractivity contribution in [2.75, 3.05) is 0 Å². The average Bonchev–Trinajstić information content (AvgIpc) is 1.85. The van der Waals surface area contributed by atoms with Crippen LogP contribution in [0, 0.1) is 0 Å². The summed E-state index contributed by atoms with van der Waals surface area (Å²) in [6.45, 7) is 0. The molecule has 108 valence electrons. The van der Waals surface area contributed by atoms with Crippen LogP contribution in [0.4, 0.5) is 0 Å². The summed E-state index contributed by atoms with van der Waals surface area (Å²) in [6, 6.07) is 0. The van der Waals surface area contributed by atoms with E-state index < -0.39 is 10.4 Å². The molecule has 1 saturated carbocycles. The molecule has 1 aliphatic rings. The van der Waals surface area contributed by atoms with E-state index in [2.05, 4.69) is 4.18 Å². The van der Waals surface area contributed by atoms with Crippen molar-refractivity contribution in [1.29, 1.82) is 0 Å². The summed E-state index contributed by atoms with van der Waals surface area (Å²) in [6.07, 6.45) is 4.28. The smallest absolute Gasteiger partial charge is 0.397 e. The standard InChI is InChI=1S/C6H12O4S.2H3N.2H2O.Pt/c7-11(8,9)10-6-4-2-1-3-5-6;;;;;/h6H,1-5H2,(H,7,8,9);2*1H3;2*1H2;. The van der Waals surface area contributed by atoms with Crippen molar-refractivity contribution in [1.82, 2.24) is 12.3 Å². The van der Waals surface area contributed by atoms with Crippen molar-refractivity contribution < 1.29 is 49.2 Å². The summed E-state index contributed by atoms with van der Waals surface area (Å²) >= 11 is 0. The fraction of sp³-hybridized carbons (Fsp3) is 1.00. The molecule has 0 aromatic rings. The molecule has 0 radical (unpaired) electrons. The predicted molar refractivity (Wildman–Crippen MR) is 56.8 cm³/mol. The molecule has 0 aliphatic heterocycles. The first-order chi connectivity index (χ1) is 5.08. The van der Waals surface area contributed by atoms with Gasteiger partial charge in [0.15, 0.2) is 0 Å². The topological polar surface area (TPSA) is 197 Å². The van der Waals surface area contributed by atoms with Crippen molar-refractivity contribution >= 4 is 10.4 Å². The zero-order valence-electron chi connectivity index (χ0n) is 8.92. The van der Waals surface area contributed by atoms with E-state index in [4.69, 9.17) is 4.55 Å². The van der Waals surface area contributed by atoms with Gasteiger partial charge in [0.05, 0.1) is 6.10 Å². The molecule has 0 saturated heterocycles. The van der Waals surface area contributed by atoms with Crippen LogP contribution in [0.25, 0.3) is 0 Å². The summed E-state index contributed by atoms with van der Waals surface area (Å²) < 4.78 is 33.2. The molecule has 0 amide bonds. The second kappa shape index (κ2) is 13.5. The van der Waals surface area contributed by atoms with E-state index in [1.54, 1.807) is 0 Å². The van der Waals surface area contributed by atoms with E-state index in [-0.39, 0.29) is 50.4 Å². The van der Waals surface area contributed by atoms with Crippen molar-refractivity contribution in [3.8, 4) is 0 Å². The molecule has 16 heavy (non-hydrogen) atoms. The summed E-state index contributed by atoms with van der Waals surface area (Å²) in [4.78, 5) is 0. The minimum absolute atomic E-state index is 0. The van der Waals surface area contributed by atoms with Gasteiger partial charge >= 0.3 is 10.4 Å². The first kappa shape index (κ1) is 29.9. The van der Waals surface area contributed by atoms with Crippen molar-refractivity contribution in [2.45, 2.75) is 38.2 Å². The second-order valence-electron chi connectivity index (χ2n) is 2.78. The van der Waals surface area contributed by atoms with Crippen LogP contribution in [0.15, 0.2) is 0 Å². The van der Waals surface area contributed by atoms with Gasteiger partial charge in [-0.05, 0) is 12.8 Å². The Morgan fingerprint density at radius 2 is 1.38 bits per heavy atom. The predicted octanol–water partition coefficient (Wildman–Crippen LogP) is -0.189. The van der Waals surface area contributed by atoms with Gasteiger partial charge in [-0.25, -0.2) is 4.18 Å². The van der Waals surface area contributed by atoms with Gasteiger partial charge in [-0.2, -0.15) is 8.42 Å². The van der Waals surface area contributed by atoms with E-state index in [0.29, 0.717) is 0 Å². The van der Waals surface area contributed by atoms with Gasteiger partial charge in [0, 0.05) is 21.1 Å². The van der Waals surface area contributed by atoms with E-state index in [1.807, 2.05) is 0 Å². The van der Waals surface area contributed by atoms with E-state index in [1.165, 1.54) is 0 Å². The molecule has 0 unspecified atom stereocenters. The van der Waals surface area contributed by atoms with Crippen LogP contribution in [0.5, 0.6) is 0 Å². The molecular formula is C6H22N2O6PtS. The van der Waals surface area contributed by atoms with Gasteiger partial charge in [0.2, 0.25) is 0 Å². The molecule has 0 atom stereocenters. The average molecular weight is 445 g/mol. The summed E-state index contributed by atoms with van der Waals surface area (Å²) in [7, 11) is -4.22. The Morgan fingerprint density at radius 3 is 1.69 bits per heavy atom. The maximum atomic E-state index is 10.2. The zero-order valence-corrected chi connectivity index (χ0v) is 12.0. The van der Waals surface area contributed by atoms with Gasteiger partial charge in [0.25, 0.3) is 0 Å². The minimum Gasteiger partial charge on any atom is -0.412 e. The van der Waals surface area contributed by atoms with Crippen molar-refractivity contribution in [2.24, 2.45) is 0 Å². The molecule has 1 rings (SSSR count). The maximum Gasteiger partial charge on any atom is 0.397 e. The Morgan fingerprint density at radius 1 is 1.00 bits per heavy atom. The summed E-state index contributed by atoms with van der Waals surface area (Å²) in [5, 5.41) is 0. The fourth-order valence-electron chi connectivity index (χ4n) is 1.33. The zero-order chi connectivity index (χ0) is 8.32. The Hall–Kier alpha value is 0.398. The van der Waals surface area contributed by atoms with E-state index >= 15 is 0 Å². The van der Waals surface area contributed by atoms with Crippen molar-refractivity contribution in [3.63, 3.8) is 0 Å². The minimum atomic E-state index is -4.22. The van der Waals surface area contributed by atoms with Crippen LogP contribution < -0.4 is 12.3 Å². The molecule has 0 heterocycles. The summed E-state index contributed by atoms with van der Waals surface area (Å²) in [5.74, 6) is 0. The Balaban J connectivity index is -0.0000000807. The van der Waals surface area contributed by atoms with Crippen LogP contribution in [-0.2, 0) is 35.6 Å². The van der Waals surface area contributed by atoms with Crippen LogP contribution in [-0.4, -0.2) is 30.0 Å². The number of hydrogen-bond acceptors (Lipinski definition) is 5. The first-order valence-corrected chi connectivity index (χ1v) is 5.10. The van der Waals surface area contributed by atoms with Gasteiger partial charge in [-0.1, -0.05) is 19.3 Å². The molecule has 0 aromatic heterocycles. The fourth-order valence-corrected chi connectivity index (χ4v) is 1.87. The van der Waals surface area contributed by atoms with Gasteiger partial charge in [0.1, 0.15) is 0 Å². The second-order valence-corrected chi connectivity index (χ2v) is 3.83. The first-order valence-electron chi connectivity index (χ1n) is 3.73. The largest absolute Gasteiger partial charge is 0.412 e. The van der Waals surface area contributed by atoms with Crippen LogP contribution in [0.2, 0.25) is 0 Å². The molecule has 1 aliphatic carbocycles. The normalized spacial score (nSPS) is 15.1. The van der Waals surface area contributed by atoms with Crippen molar-refractivity contribution in [3.05, 3.63) is 0 Å². The third-order valence-electron chi connectivity index (χ3n) is 1.81. The maximum absolute atomic E-state index is 10.2. The molecule has 11 N–H and O–H groups in total. The van der Waals surface area contributed by atoms with Crippen LogP contribution in [0.1, 0.15) is 32.1 Å². The number of hydrogen-bond donors (Lipinski definition) is 3. The Labute approximate surface area is 110 Å². The van der Waals surface area contributed by atoms with Crippen LogP contribution >= 0.6 is 0 Å². The molecule has 10 heteroatoms. The van der Waals surface area contributed by atoms with E-state index in [9.17, 15) is 8.42 Å². The van der Waals surface area contributed by atoms with E-state index in [0.717, 1.165) is 32.1 Å².